The number of piperidine rings is 1. The average molecular weight is 338 g/mol. The summed E-state index contributed by atoms with van der Waals surface area (Å²) in [7, 11) is 0. The Bertz CT molecular complexity index is 674. The van der Waals surface area contributed by atoms with Crippen molar-refractivity contribution in [1.29, 1.82) is 0 Å². The molecule has 0 aliphatic carbocycles. The largest absolute Gasteiger partial charge is 0.489 e. The molecule has 1 aliphatic rings. The number of likely N-dealkylation sites (tertiary alicyclic amines) is 1. The Labute approximate surface area is 149 Å². The van der Waals surface area contributed by atoms with Gasteiger partial charge in [-0.15, -0.1) is 0 Å². The van der Waals surface area contributed by atoms with Gasteiger partial charge in [-0.25, -0.2) is 0 Å². The Morgan fingerprint density at radius 1 is 1.00 bits per heavy atom. The molecule has 2 aromatic carbocycles. The molecule has 1 aliphatic heterocycles. The monoisotopic (exact) mass is 338 g/mol. The Morgan fingerprint density at radius 3 is 2.36 bits per heavy atom. The third-order valence-electron chi connectivity index (χ3n) is 4.48. The second-order valence-electron chi connectivity index (χ2n) is 6.68. The number of benzene rings is 2. The lowest BCUT2D eigenvalue weighted by Crippen LogP contribution is -2.36. The molecule has 132 valence electrons. The maximum atomic E-state index is 12.1. The van der Waals surface area contributed by atoms with Crippen molar-refractivity contribution < 1.29 is 9.53 Å². The highest BCUT2D eigenvalue weighted by molar-refractivity contribution is 5.92. The molecule has 1 heterocycles. The van der Waals surface area contributed by atoms with E-state index in [0.29, 0.717) is 13.2 Å². The fraction of sp³-hybridized carbons (Fsp3) is 0.381. The zero-order valence-corrected chi connectivity index (χ0v) is 14.8. The third-order valence-corrected chi connectivity index (χ3v) is 4.48. The van der Waals surface area contributed by atoms with Gasteiger partial charge >= 0.3 is 0 Å². The number of ether oxygens (including phenoxy) is 1. The van der Waals surface area contributed by atoms with Crippen molar-refractivity contribution in [3.05, 3.63) is 59.7 Å². The summed E-state index contributed by atoms with van der Waals surface area (Å²) >= 11 is 0. The van der Waals surface area contributed by atoms with E-state index in [9.17, 15) is 4.79 Å². The second-order valence-corrected chi connectivity index (χ2v) is 6.68. The highest BCUT2D eigenvalue weighted by Gasteiger charge is 2.13. The molecule has 1 saturated heterocycles. The first kappa shape index (κ1) is 17.5. The predicted octanol–water partition coefficient (Wildman–Crippen LogP) is 4.00. The van der Waals surface area contributed by atoms with E-state index in [2.05, 4.69) is 41.4 Å². The zero-order chi connectivity index (χ0) is 17.5. The van der Waals surface area contributed by atoms with Gasteiger partial charge in [0.25, 0.3) is 0 Å². The Hall–Kier alpha value is -2.33. The van der Waals surface area contributed by atoms with Gasteiger partial charge < -0.3 is 10.1 Å². The van der Waals surface area contributed by atoms with Crippen LogP contribution in [-0.2, 0) is 11.4 Å². The molecule has 25 heavy (non-hydrogen) atoms. The van der Waals surface area contributed by atoms with E-state index in [1.165, 1.54) is 24.8 Å². The number of anilines is 1. The van der Waals surface area contributed by atoms with Crippen LogP contribution in [0.25, 0.3) is 0 Å². The van der Waals surface area contributed by atoms with E-state index < -0.39 is 0 Å². The van der Waals surface area contributed by atoms with Crippen molar-refractivity contribution in [2.24, 2.45) is 0 Å². The van der Waals surface area contributed by atoms with Crippen LogP contribution in [0.2, 0.25) is 0 Å². The van der Waals surface area contributed by atoms with Crippen LogP contribution in [0.1, 0.15) is 30.4 Å². The number of carbonyl (C=O) groups is 1. The van der Waals surface area contributed by atoms with Gasteiger partial charge in [0.1, 0.15) is 12.4 Å². The van der Waals surface area contributed by atoms with E-state index >= 15 is 0 Å². The van der Waals surface area contributed by atoms with Crippen molar-refractivity contribution in [3.63, 3.8) is 0 Å². The highest BCUT2D eigenvalue weighted by atomic mass is 16.5. The molecule has 4 heteroatoms. The zero-order valence-electron chi connectivity index (χ0n) is 14.8. The summed E-state index contributed by atoms with van der Waals surface area (Å²) in [5, 5.41) is 2.96. The number of nitrogens with zero attached hydrogens (tertiary/aromatic N) is 1. The number of carbonyl (C=O) groups excluding carboxylic acids is 1. The number of nitrogens with one attached hydrogen (secondary N) is 1. The molecule has 0 radical (unpaired) electrons. The topological polar surface area (TPSA) is 41.6 Å². The quantitative estimate of drug-likeness (QED) is 0.865. The van der Waals surface area contributed by atoms with Gasteiger partial charge in [-0.3, -0.25) is 9.69 Å². The minimum absolute atomic E-state index is 0.0511. The molecular formula is C21H26N2O2. The second kappa shape index (κ2) is 8.67. The molecule has 0 bridgehead atoms. The van der Waals surface area contributed by atoms with E-state index in [1.807, 2.05) is 24.3 Å². The average Bonchev–Trinajstić information content (AvgIpc) is 2.63. The molecule has 1 amide bonds. The van der Waals surface area contributed by atoms with E-state index in [1.54, 1.807) is 0 Å². The van der Waals surface area contributed by atoms with Crippen LogP contribution in [0.4, 0.5) is 5.69 Å². The van der Waals surface area contributed by atoms with Crippen LogP contribution in [0.5, 0.6) is 5.75 Å². The molecule has 0 aromatic heterocycles. The number of aryl methyl sites for hydroxylation is 1. The van der Waals surface area contributed by atoms with Crippen LogP contribution in [0.15, 0.2) is 48.5 Å². The lowest BCUT2D eigenvalue weighted by Gasteiger charge is -2.25. The standard InChI is InChI=1S/C21H26N2O2/c1-17-5-7-18(8-6-17)16-25-20-11-9-19(10-12-20)22-21(24)15-23-13-3-2-4-14-23/h5-12H,2-4,13-16H2,1H3,(H,22,24). The number of hydrogen-bond donors (Lipinski definition) is 1. The molecule has 0 saturated carbocycles. The van der Waals surface area contributed by atoms with Gasteiger partial charge in [-0.1, -0.05) is 36.2 Å². The van der Waals surface area contributed by atoms with Crippen molar-refractivity contribution in [3.8, 4) is 5.75 Å². The smallest absolute Gasteiger partial charge is 0.238 e. The van der Waals surface area contributed by atoms with Gasteiger partial charge in [0.2, 0.25) is 5.91 Å². The first-order chi connectivity index (χ1) is 12.2. The first-order valence-electron chi connectivity index (χ1n) is 9.00. The van der Waals surface area contributed by atoms with Gasteiger partial charge in [0.15, 0.2) is 0 Å². The molecule has 0 atom stereocenters. The molecular weight excluding hydrogens is 312 g/mol. The fourth-order valence-corrected chi connectivity index (χ4v) is 3.01. The van der Waals surface area contributed by atoms with Crippen LogP contribution in [0.3, 0.4) is 0 Å². The van der Waals surface area contributed by atoms with Gasteiger partial charge in [0, 0.05) is 5.69 Å². The lowest BCUT2D eigenvalue weighted by atomic mass is 10.1. The number of rotatable bonds is 6. The Morgan fingerprint density at radius 2 is 1.68 bits per heavy atom. The summed E-state index contributed by atoms with van der Waals surface area (Å²) in [6.45, 7) is 5.15. The highest BCUT2D eigenvalue weighted by Crippen LogP contribution is 2.17. The van der Waals surface area contributed by atoms with Gasteiger partial charge in [-0.2, -0.15) is 0 Å². The minimum atomic E-state index is 0.0511. The normalized spacial score (nSPS) is 14.9. The summed E-state index contributed by atoms with van der Waals surface area (Å²) in [5.41, 5.74) is 3.20. The fourth-order valence-electron chi connectivity index (χ4n) is 3.01. The predicted molar refractivity (Wildman–Crippen MR) is 101 cm³/mol. The maximum Gasteiger partial charge on any atom is 0.238 e. The van der Waals surface area contributed by atoms with Crippen LogP contribution >= 0.6 is 0 Å². The first-order valence-corrected chi connectivity index (χ1v) is 9.00. The van der Waals surface area contributed by atoms with Crippen molar-refractivity contribution >= 4 is 11.6 Å². The molecule has 0 spiro atoms. The van der Waals surface area contributed by atoms with Crippen LogP contribution in [-0.4, -0.2) is 30.4 Å². The van der Waals surface area contributed by atoms with Crippen molar-refractivity contribution in [2.75, 3.05) is 25.0 Å². The molecule has 2 aromatic rings. The van der Waals surface area contributed by atoms with Gasteiger partial charge in [-0.05, 0) is 62.7 Å². The third kappa shape index (κ3) is 5.61. The summed E-state index contributed by atoms with van der Waals surface area (Å²) in [6.07, 6.45) is 3.67. The summed E-state index contributed by atoms with van der Waals surface area (Å²) < 4.78 is 5.79. The Balaban J connectivity index is 1.46. The maximum absolute atomic E-state index is 12.1. The number of amides is 1. The summed E-state index contributed by atoms with van der Waals surface area (Å²) in [4.78, 5) is 14.3. The van der Waals surface area contributed by atoms with E-state index in [-0.39, 0.29) is 5.91 Å². The van der Waals surface area contributed by atoms with E-state index in [0.717, 1.165) is 30.1 Å². The van der Waals surface area contributed by atoms with E-state index in [4.69, 9.17) is 4.74 Å². The van der Waals surface area contributed by atoms with Crippen molar-refractivity contribution in [2.45, 2.75) is 32.8 Å². The Kier molecular flexibility index (Phi) is 6.07. The molecule has 0 unspecified atom stereocenters. The van der Waals surface area contributed by atoms with Gasteiger partial charge in [0.05, 0.1) is 6.54 Å². The van der Waals surface area contributed by atoms with Crippen LogP contribution < -0.4 is 10.1 Å². The SMILES string of the molecule is Cc1ccc(COc2ccc(NC(=O)CN3CCCCC3)cc2)cc1. The lowest BCUT2D eigenvalue weighted by molar-refractivity contribution is -0.117. The summed E-state index contributed by atoms with van der Waals surface area (Å²) in [6, 6.07) is 15.9. The molecule has 4 nitrogen and oxygen atoms in total. The number of hydrogen-bond acceptors (Lipinski definition) is 3. The summed E-state index contributed by atoms with van der Waals surface area (Å²) in [5.74, 6) is 0.852. The minimum Gasteiger partial charge on any atom is -0.489 e. The molecule has 3 rings (SSSR count). The molecule has 1 fully saturated rings. The van der Waals surface area contributed by atoms with Crippen molar-refractivity contribution in [1.82, 2.24) is 4.90 Å². The van der Waals surface area contributed by atoms with Crippen LogP contribution in [0, 0.1) is 6.92 Å². The molecule has 1 N–H and O–H groups in total.